The van der Waals surface area contributed by atoms with Gasteiger partial charge in [-0.2, -0.15) is 0 Å². The van der Waals surface area contributed by atoms with E-state index in [1.807, 2.05) is 50.2 Å². The standard InChI is InChI=1S/C16H15N3OS/c1-10(2)14(20)18-12-6-3-5-11(9-12)15-19-13-7-4-8-17-16(13)21-15/h3-10H,1-2H3,(H,18,20). The molecule has 0 aliphatic heterocycles. The minimum atomic E-state index is -0.0414. The monoisotopic (exact) mass is 297 g/mol. The number of aromatic nitrogens is 2. The van der Waals surface area contributed by atoms with Crippen LogP contribution >= 0.6 is 11.3 Å². The van der Waals surface area contributed by atoms with E-state index in [-0.39, 0.29) is 11.8 Å². The molecular weight excluding hydrogens is 282 g/mol. The smallest absolute Gasteiger partial charge is 0.226 e. The molecule has 0 unspecified atom stereocenters. The topological polar surface area (TPSA) is 54.9 Å². The summed E-state index contributed by atoms with van der Waals surface area (Å²) in [5.41, 5.74) is 2.67. The molecule has 0 aliphatic carbocycles. The maximum absolute atomic E-state index is 11.8. The van der Waals surface area contributed by atoms with Crippen LogP contribution in [0.2, 0.25) is 0 Å². The highest BCUT2D eigenvalue weighted by Gasteiger charge is 2.10. The third-order valence-corrected chi connectivity index (χ3v) is 4.10. The van der Waals surface area contributed by atoms with Crippen molar-refractivity contribution in [3.05, 3.63) is 42.6 Å². The number of carbonyl (C=O) groups excluding carboxylic acids is 1. The third kappa shape index (κ3) is 2.92. The molecule has 0 bridgehead atoms. The second-order valence-corrected chi connectivity index (χ2v) is 6.05. The van der Waals surface area contributed by atoms with Gasteiger partial charge in [0.1, 0.15) is 15.4 Å². The Bertz CT molecular complexity index is 762. The summed E-state index contributed by atoms with van der Waals surface area (Å²) in [5.74, 6) is -0.0292. The molecule has 21 heavy (non-hydrogen) atoms. The Hall–Kier alpha value is -2.27. The molecule has 2 heterocycles. The number of rotatable bonds is 3. The van der Waals surface area contributed by atoms with Crippen molar-refractivity contribution in [1.82, 2.24) is 9.97 Å². The molecule has 0 atom stereocenters. The average molecular weight is 297 g/mol. The Kier molecular flexibility index (Phi) is 3.66. The Balaban J connectivity index is 1.93. The van der Waals surface area contributed by atoms with Gasteiger partial charge in [0.25, 0.3) is 0 Å². The zero-order valence-electron chi connectivity index (χ0n) is 11.8. The Morgan fingerprint density at radius 3 is 2.86 bits per heavy atom. The number of nitrogens with one attached hydrogen (secondary N) is 1. The van der Waals surface area contributed by atoms with E-state index in [1.165, 1.54) is 0 Å². The molecule has 1 amide bonds. The van der Waals surface area contributed by atoms with Crippen LogP contribution < -0.4 is 5.32 Å². The third-order valence-electron chi connectivity index (χ3n) is 3.07. The number of pyridine rings is 1. The molecule has 1 N–H and O–H groups in total. The maximum atomic E-state index is 11.8. The van der Waals surface area contributed by atoms with Crippen molar-refractivity contribution in [2.75, 3.05) is 5.32 Å². The van der Waals surface area contributed by atoms with E-state index < -0.39 is 0 Å². The van der Waals surface area contributed by atoms with E-state index in [2.05, 4.69) is 15.3 Å². The number of hydrogen-bond donors (Lipinski definition) is 1. The first-order valence-electron chi connectivity index (χ1n) is 6.76. The van der Waals surface area contributed by atoms with Crippen LogP contribution in [-0.4, -0.2) is 15.9 Å². The van der Waals surface area contributed by atoms with E-state index in [4.69, 9.17) is 0 Å². The van der Waals surface area contributed by atoms with Crippen molar-refractivity contribution in [2.24, 2.45) is 5.92 Å². The Morgan fingerprint density at radius 1 is 1.24 bits per heavy atom. The van der Waals surface area contributed by atoms with Gasteiger partial charge in [0.15, 0.2) is 0 Å². The zero-order valence-corrected chi connectivity index (χ0v) is 12.6. The summed E-state index contributed by atoms with van der Waals surface area (Å²) in [6, 6.07) is 11.6. The van der Waals surface area contributed by atoms with Crippen molar-refractivity contribution in [3.8, 4) is 10.6 Å². The Labute approximate surface area is 126 Å². The first-order chi connectivity index (χ1) is 10.1. The van der Waals surface area contributed by atoms with E-state index >= 15 is 0 Å². The number of benzene rings is 1. The molecule has 0 radical (unpaired) electrons. The van der Waals surface area contributed by atoms with E-state index in [0.717, 1.165) is 26.6 Å². The van der Waals surface area contributed by atoms with E-state index in [1.54, 1.807) is 17.5 Å². The minimum Gasteiger partial charge on any atom is -0.326 e. The van der Waals surface area contributed by atoms with Gasteiger partial charge in [-0.3, -0.25) is 4.79 Å². The molecule has 0 spiro atoms. The van der Waals surface area contributed by atoms with Crippen LogP contribution in [-0.2, 0) is 4.79 Å². The van der Waals surface area contributed by atoms with E-state index in [0.29, 0.717) is 0 Å². The van der Waals surface area contributed by atoms with Crippen LogP contribution in [0.4, 0.5) is 5.69 Å². The molecule has 0 fully saturated rings. The quantitative estimate of drug-likeness (QED) is 0.796. The lowest BCUT2D eigenvalue weighted by atomic mass is 10.1. The molecule has 2 aromatic heterocycles. The Morgan fingerprint density at radius 2 is 2.10 bits per heavy atom. The van der Waals surface area contributed by atoms with Gasteiger partial charge in [0.2, 0.25) is 5.91 Å². The predicted molar refractivity (Wildman–Crippen MR) is 86.3 cm³/mol. The molecule has 5 heteroatoms. The van der Waals surface area contributed by atoms with Gasteiger partial charge in [-0.05, 0) is 24.3 Å². The lowest BCUT2D eigenvalue weighted by Crippen LogP contribution is -2.17. The average Bonchev–Trinajstić information content (AvgIpc) is 2.91. The van der Waals surface area contributed by atoms with Gasteiger partial charge < -0.3 is 5.32 Å². The number of thiazole rings is 1. The van der Waals surface area contributed by atoms with Gasteiger partial charge in [0.05, 0.1) is 0 Å². The maximum Gasteiger partial charge on any atom is 0.226 e. The number of anilines is 1. The highest BCUT2D eigenvalue weighted by molar-refractivity contribution is 7.21. The van der Waals surface area contributed by atoms with Crippen molar-refractivity contribution in [1.29, 1.82) is 0 Å². The van der Waals surface area contributed by atoms with Crippen LogP contribution in [0.25, 0.3) is 20.9 Å². The highest BCUT2D eigenvalue weighted by Crippen LogP contribution is 2.30. The zero-order chi connectivity index (χ0) is 14.8. The number of amides is 1. The summed E-state index contributed by atoms with van der Waals surface area (Å²) >= 11 is 1.55. The molecule has 106 valence electrons. The van der Waals surface area contributed by atoms with Crippen molar-refractivity contribution < 1.29 is 4.79 Å². The lowest BCUT2D eigenvalue weighted by molar-refractivity contribution is -0.118. The summed E-state index contributed by atoms with van der Waals surface area (Å²) in [6.45, 7) is 3.75. The summed E-state index contributed by atoms with van der Waals surface area (Å²) in [5, 5.41) is 3.81. The van der Waals surface area contributed by atoms with Crippen LogP contribution in [0, 0.1) is 5.92 Å². The molecule has 1 aromatic carbocycles. The van der Waals surface area contributed by atoms with Gasteiger partial charge in [-0.1, -0.05) is 37.3 Å². The number of carbonyl (C=O) groups is 1. The first-order valence-corrected chi connectivity index (χ1v) is 7.58. The summed E-state index contributed by atoms with van der Waals surface area (Å²) < 4.78 is 0. The second-order valence-electron chi connectivity index (χ2n) is 5.07. The SMILES string of the molecule is CC(C)C(=O)Nc1cccc(-c2nc3cccnc3s2)c1. The fourth-order valence-corrected chi connectivity index (χ4v) is 2.81. The molecule has 3 aromatic rings. The fraction of sp³-hybridized carbons (Fsp3) is 0.188. The molecule has 3 rings (SSSR count). The van der Waals surface area contributed by atoms with Gasteiger partial charge in [0, 0.05) is 23.4 Å². The molecule has 4 nitrogen and oxygen atoms in total. The summed E-state index contributed by atoms with van der Waals surface area (Å²) in [4.78, 5) is 21.6. The molecule has 0 aliphatic rings. The largest absolute Gasteiger partial charge is 0.326 e. The lowest BCUT2D eigenvalue weighted by Gasteiger charge is -2.08. The van der Waals surface area contributed by atoms with Crippen LogP contribution in [0.15, 0.2) is 42.6 Å². The van der Waals surface area contributed by atoms with Crippen molar-refractivity contribution >= 4 is 33.3 Å². The highest BCUT2D eigenvalue weighted by atomic mass is 32.1. The van der Waals surface area contributed by atoms with Gasteiger partial charge >= 0.3 is 0 Å². The predicted octanol–water partition coefficient (Wildman–Crippen LogP) is 3.95. The molecular formula is C16H15N3OS. The van der Waals surface area contributed by atoms with Crippen molar-refractivity contribution in [3.63, 3.8) is 0 Å². The number of fused-ring (bicyclic) bond motifs is 1. The number of hydrogen-bond acceptors (Lipinski definition) is 4. The molecule has 0 saturated heterocycles. The first kappa shape index (κ1) is 13.7. The van der Waals surface area contributed by atoms with Crippen LogP contribution in [0.5, 0.6) is 0 Å². The molecule has 0 saturated carbocycles. The normalized spacial score (nSPS) is 11.0. The van der Waals surface area contributed by atoms with Crippen molar-refractivity contribution in [2.45, 2.75) is 13.8 Å². The minimum absolute atomic E-state index is 0.0121. The van der Waals surface area contributed by atoms with Gasteiger partial charge in [-0.15, -0.1) is 0 Å². The fourth-order valence-electron chi connectivity index (χ4n) is 1.91. The van der Waals surface area contributed by atoms with Crippen LogP contribution in [0.1, 0.15) is 13.8 Å². The van der Waals surface area contributed by atoms with E-state index in [9.17, 15) is 4.79 Å². The van der Waals surface area contributed by atoms with Crippen LogP contribution in [0.3, 0.4) is 0 Å². The number of nitrogens with zero attached hydrogens (tertiary/aromatic N) is 2. The summed E-state index contributed by atoms with van der Waals surface area (Å²) in [7, 11) is 0. The van der Waals surface area contributed by atoms with Gasteiger partial charge in [-0.25, -0.2) is 9.97 Å². The summed E-state index contributed by atoms with van der Waals surface area (Å²) in [6.07, 6.45) is 1.77. The second kappa shape index (κ2) is 5.61.